The van der Waals surface area contributed by atoms with Crippen molar-refractivity contribution < 1.29 is 8.42 Å². The normalized spacial score (nSPS) is 19.1. The van der Waals surface area contributed by atoms with Crippen LogP contribution >= 0.6 is 0 Å². The highest BCUT2D eigenvalue weighted by molar-refractivity contribution is 7.88. The van der Waals surface area contributed by atoms with E-state index in [9.17, 15) is 8.42 Å². The van der Waals surface area contributed by atoms with E-state index in [1.54, 1.807) is 12.4 Å². The zero-order valence-electron chi connectivity index (χ0n) is 13.2. The lowest BCUT2D eigenvalue weighted by Gasteiger charge is -2.21. The number of fused-ring (bicyclic) bond motifs is 1. The first-order valence-electron chi connectivity index (χ1n) is 7.76. The first-order chi connectivity index (χ1) is 11.5. The van der Waals surface area contributed by atoms with Gasteiger partial charge in [-0.3, -0.25) is 4.40 Å². The van der Waals surface area contributed by atoms with Crippen LogP contribution in [0.25, 0.3) is 17.2 Å². The van der Waals surface area contributed by atoms with Crippen molar-refractivity contribution in [2.75, 3.05) is 12.8 Å². The van der Waals surface area contributed by atoms with Gasteiger partial charge in [0.05, 0.1) is 35.6 Å². The van der Waals surface area contributed by atoms with Crippen LogP contribution in [0.15, 0.2) is 42.9 Å². The number of sulfonamides is 1. The second kappa shape index (κ2) is 5.64. The van der Waals surface area contributed by atoms with Gasteiger partial charge in [0, 0.05) is 18.9 Å². The smallest absolute Gasteiger partial charge is 0.234 e. The van der Waals surface area contributed by atoms with Gasteiger partial charge in [-0.2, -0.15) is 4.31 Å². The maximum atomic E-state index is 12.0. The molecule has 1 aliphatic rings. The predicted octanol–water partition coefficient (Wildman–Crippen LogP) is 1.89. The van der Waals surface area contributed by atoms with Crippen LogP contribution in [0, 0.1) is 0 Å². The van der Waals surface area contributed by atoms with Gasteiger partial charge in [0.1, 0.15) is 0 Å². The molecule has 1 fully saturated rings. The van der Waals surface area contributed by atoms with E-state index in [-0.39, 0.29) is 6.04 Å². The lowest BCUT2D eigenvalue weighted by atomic mass is 10.1. The number of nitrogens with zero attached hydrogens (tertiary/aromatic N) is 5. The molecule has 0 aliphatic carbocycles. The first kappa shape index (κ1) is 15.2. The Morgan fingerprint density at radius 2 is 2.08 bits per heavy atom. The van der Waals surface area contributed by atoms with Crippen LogP contribution in [0.3, 0.4) is 0 Å². The van der Waals surface area contributed by atoms with Gasteiger partial charge in [-0.15, -0.1) is 0 Å². The minimum Gasteiger partial charge on any atom is -0.282 e. The Morgan fingerprint density at radius 3 is 2.92 bits per heavy atom. The SMILES string of the molecule is CS(=O)(=O)N1CCCC1c1cccc(-c2cnc3ncccn23)n1. The van der Waals surface area contributed by atoms with E-state index in [0.717, 1.165) is 29.9 Å². The Balaban J connectivity index is 1.77. The number of pyridine rings is 1. The Labute approximate surface area is 140 Å². The molecule has 3 aromatic heterocycles. The molecule has 0 aromatic carbocycles. The summed E-state index contributed by atoms with van der Waals surface area (Å²) in [5, 5.41) is 0. The molecule has 0 amide bonds. The molecule has 0 saturated carbocycles. The number of hydrogen-bond acceptors (Lipinski definition) is 5. The molecule has 8 heteroatoms. The molecule has 4 rings (SSSR count). The van der Waals surface area contributed by atoms with Gasteiger partial charge in [-0.1, -0.05) is 6.07 Å². The van der Waals surface area contributed by atoms with E-state index in [0.29, 0.717) is 12.3 Å². The van der Waals surface area contributed by atoms with Gasteiger partial charge < -0.3 is 0 Å². The van der Waals surface area contributed by atoms with Crippen molar-refractivity contribution in [3.8, 4) is 11.4 Å². The van der Waals surface area contributed by atoms with Crippen molar-refractivity contribution in [2.45, 2.75) is 18.9 Å². The number of imidazole rings is 1. The summed E-state index contributed by atoms with van der Waals surface area (Å²) in [6.07, 6.45) is 8.21. The monoisotopic (exact) mass is 343 g/mol. The summed E-state index contributed by atoms with van der Waals surface area (Å²) >= 11 is 0. The highest BCUT2D eigenvalue weighted by atomic mass is 32.2. The molecule has 1 saturated heterocycles. The van der Waals surface area contributed by atoms with Gasteiger partial charge in [0.25, 0.3) is 0 Å². The van der Waals surface area contributed by atoms with E-state index < -0.39 is 10.0 Å². The fraction of sp³-hybridized carbons (Fsp3) is 0.312. The molecule has 4 heterocycles. The number of hydrogen-bond donors (Lipinski definition) is 0. The van der Waals surface area contributed by atoms with Crippen LogP contribution in [0.2, 0.25) is 0 Å². The average Bonchev–Trinajstić information content (AvgIpc) is 3.22. The molecular formula is C16H17N5O2S. The van der Waals surface area contributed by atoms with Crippen molar-refractivity contribution in [2.24, 2.45) is 0 Å². The standard InChI is InChI=1S/C16H17N5O2S/c1-24(22,23)21-10-3-7-14(21)12-5-2-6-13(19-12)15-11-18-16-17-8-4-9-20(15)16/h2,4-6,8-9,11,14H,3,7,10H2,1H3. The summed E-state index contributed by atoms with van der Waals surface area (Å²) in [5.41, 5.74) is 2.37. The Bertz CT molecular complexity index is 998. The minimum atomic E-state index is -3.24. The molecule has 7 nitrogen and oxygen atoms in total. The Kier molecular flexibility index (Phi) is 3.58. The molecule has 0 bridgehead atoms. The van der Waals surface area contributed by atoms with Crippen molar-refractivity contribution in [1.29, 1.82) is 0 Å². The van der Waals surface area contributed by atoms with E-state index in [4.69, 9.17) is 4.98 Å². The second-order valence-corrected chi connectivity index (χ2v) is 7.85. The lowest BCUT2D eigenvalue weighted by Crippen LogP contribution is -2.29. The highest BCUT2D eigenvalue weighted by Gasteiger charge is 2.33. The molecule has 0 radical (unpaired) electrons. The molecule has 124 valence electrons. The Hall–Kier alpha value is -2.32. The third-order valence-corrected chi connectivity index (χ3v) is 5.58. The molecule has 1 unspecified atom stereocenters. The van der Waals surface area contributed by atoms with E-state index >= 15 is 0 Å². The number of aromatic nitrogens is 4. The molecule has 1 atom stereocenters. The highest BCUT2D eigenvalue weighted by Crippen LogP contribution is 2.33. The maximum absolute atomic E-state index is 12.0. The third-order valence-electron chi connectivity index (χ3n) is 4.29. The Morgan fingerprint density at radius 1 is 1.21 bits per heavy atom. The quantitative estimate of drug-likeness (QED) is 0.725. The summed E-state index contributed by atoms with van der Waals surface area (Å²) in [5.74, 6) is 0.610. The molecular weight excluding hydrogens is 326 g/mol. The van der Waals surface area contributed by atoms with Crippen molar-refractivity contribution >= 4 is 15.8 Å². The molecule has 24 heavy (non-hydrogen) atoms. The van der Waals surface area contributed by atoms with Crippen LogP contribution < -0.4 is 0 Å². The largest absolute Gasteiger partial charge is 0.282 e. The van der Waals surface area contributed by atoms with E-state index in [1.807, 2.05) is 34.9 Å². The molecule has 3 aromatic rings. The van der Waals surface area contributed by atoms with Crippen molar-refractivity contribution in [3.63, 3.8) is 0 Å². The zero-order valence-corrected chi connectivity index (χ0v) is 14.0. The fourth-order valence-corrected chi connectivity index (χ4v) is 4.37. The lowest BCUT2D eigenvalue weighted by molar-refractivity contribution is 0.394. The predicted molar refractivity (Wildman–Crippen MR) is 89.7 cm³/mol. The number of rotatable bonds is 3. The minimum absolute atomic E-state index is 0.197. The second-order valence-electron chi connectivity index (χ2n) is 5.91. The summed E-state index contributed by atoms with van der Waals surface area (Å²) in [6, 6.07) is 7.34. The van der Waals surface area contributed by atoms with Gasteiger partial charge >= 0.3 is 0 Å². The summed E-state index contributed by atoms with van der Waals surface area (Å²) < 4.78 is 27.4. The van der Waals surface area contributed by atoms with Crippen LogP contribution in [0.5, 0.6) is 0 Å². The zero-order chi connectivity index (χ0) is 16.7. The fourth-order valence-electron chi connectivity index (χ4n) is 3.23. The molecule has 1 aliphatic heterocycles. The maximum Gasteiger partial charge on any atom is 0.234 e. The molecule has 0 N–H and O–H groups in total. The van der Waals surface area contributed by atoms with Gasteiger partial charge in [0.2, 0.25) is 15.8 Å². The van der Waals surface area contributed by atoms with Crippen LogP contribution in [0.4, 0.5) is 0 Å². The van der Waals surface area contributed by atoms with Crippen LogP contribution in [-0.2, 0) is 10.0 Å². The average molecular weight is 343 g/mol. The van der Waals surface area contributed by atoms with Crippen LogP contribution in [0.1, 0.15) is 24.6 Å². The van der Waals surface area contributed by atoms with E-state index in [1.165, 1.54) is 10.6 Å². The van der Waals surface area contributed by atoms with Gasteiger partial charge in [0.15, 0.2) is 0 Å². The van der Waals surface area contributed by atoms with Crippen LogP contribution in [-0.4, -0.2) is 44.9 Å². The summed E-state index contributed by atoms with van der Waals surface area (Å²) in [4.78, 5) is 13.2. The molecule has 0 spiro atoms. The van der Waals surface area contributed by atoms with Crippen molar-refractivity contribution in [1.82, 2.24) is 23.7 Å². The van der Waals surface area contributed by atoms with Gasteiger partial charge in [-0.25, -0.2) is 23.4 Å². The first-order valence-corrected chi connectivity index (χ1v) is 9.61. The topological polar surface area (TPSA) is 80.5 Å². The third kappa shape index (κ3) is 2.57. The summed E-state index contributed by atoms with van der Waals surface area (Å²) in [6.45, 7) is 0.551. The van der Waals surface area contributed by atoms with Crippen molar-refractivity contribution in [3.05, 3.63) is 48.5 Å². The summed E-state index contributed by atoms with van der Waals surface area (Å²) in [7, 11) is -3.24. The van der Waals surface area contributed by atoms with Gasteiger partial charge in [-0.05, 0) is 31.0 Å². The van der Waals surface area contributed by atoms with E-state index in [2.05, 4.69) is 9.97 Å².